The fraction of sp³-hybridized carbons (Fsp3) is 0. The van der Waals surface area contributed by atoms with Crippen LogP contribution in [0.5, 0.6) is 0 Å². The molecular weight excluding hydrogens is 1160 g/mol. The summed E-state index contributed by atoms with van der Waals surface area (Å²) in [6.07, 6.45) is 0. The number of benzene rings is 14. The fourth-order valence-corrected chi connectivity index (χ4v) is 14.9. The number of aromatic nitrogens is 1. The van der Waals surface area contributed by atoms with Crippen molar-refractivity contribution in [3.63, 3.8) is 0 Å². The third-order valence-electron chi connectivity index (χ3n) is 19.0. The van der Waals surface area contributed by atoms with E-state index < -0.39 is 6.71 Å². The van der Waals surface area contributed by atoms with Gasteiger partial charge in [-0.15, -0.1) is 0 Å². The summed E-state index contributed by atoms with van der Waals surface area (Å²) in [7, 11) is 0. The van der Waals surface area contributed by atoms with Crippen molar-refractivity contribution in [3.8, 4) is 40.1 Å². The zero-order valence-corrected chi connectivity index (χ0v) is 51.3. The lowest BCUT2D eigenvalue weighted by Crippen LogP contribution is -2.61. The highest BCUT2D eigenvalue weighted by atomic mass is 16.3. The standard InChI is InChI=1S/C86H54BN7O/c88-55-57-41-45-63(46-42-57)90(61-27-9-3-10-28-61)65-49-50-72-77(51-65)93(73-36-18-13-31-67(73)59-23-5-1-6-24-59)79-52-66(92-75-38-20-15-33-69(75)70-34-16-21-39-76(70)92)53-80-84(79)87(72)85-81(94(80)74-37-19-14-32-68(74)60-25-7-2-8-26-60)54-78(83-71-35-17-22-40-82(71)95-86(83)85)91(62-29-11-4-12-30-62)64-47-43-58(56-89)44-48-64/h1-54H. The maximum Gasteiger partial charge on any atom is 0.257 e. The minimum Gasteiger partial charge on any atom is -0.456 e. The van der Waals surface area contributed by atoms with Crippen LogP contribution in [0, 0.1) is 22.7 Å². The summed E-state index contributed by atoms with van der Waals surface area (Å²) in [5.74, 6) is 0. The van der Waals surface area contributed by atoms with Crippen molar-refractivity contribution in [2.45, 2.75) is 0 Å². The van der Waals surface area contributed by atoms with Crippen LogP contribution in [0.4, 0.5) is 68.2 Å². The van der Waals surface area contributed by atoms with Gasteiger partial charge in [0.2, 0.25) is 0 Å². The quantitative estimate of drug-likeness (QED) is 0.119. The first-order valence-corrected chi connectivity index (χ1v) is 32.0. The average Bonchev–Trinajstić information content (AvgIpc) is 1.62. The molecule has 0 atom stereocenters. The van der Waals surface area contributed by atoms with E-state index in [0.29, 0.717) is 11.1 Å². The minimum atomic E-state index is -0.441. The van der Waals surface area contributed by atoms with Gasteiger partial charge in [0, 0.05) is 78.5 Å². The Kier molecular flexibility index (Phi) is 12.9. The number of furan rings is 1. The molecule has 8 nitrogen and oxygen atoms in total. The number of hydrogen-bond donors (Lipinski definition) is 0. The van der Waals surface area contributed by atoms with Gasteiger partial charge >= 0.3 is 0 Å². The summed E-state index contributed by atoms with van der Waals surface area (Å²) in [5, 5.41) is 24.6. The van der Waals surface area contributed by atoms with Crippen LogP contribution in [0.1, 0.15) is 11.1 Å². The van der Waals surface area contributed by atoms with Gasteiger partial charge in [0.1, 0.15) is 11.2 Å². The van der Waals surface area contributed by atoms with E-state index in [1.54, 1.807) is 0 Å². The maximum absolute atomic E-state index is 10.2. The van der Waals surface area contributed by atoms with Gasteiger partial charge in [0.25, 0.3) is 6.71 Å². The fourth-order valence-electron chi connectivity index (χ4n) is 14.9. The van der Waals surface area contributed by atoms with Gasteiger partial charge in [-0.25, -0.2) is 0 Å². The van der Waals surface area contributed by atoms with Crippen LogP contribution in [0.3, 0.4) is 0 Å². The molecular formula is C86H54BN7O. The molecule has 0 fully saturated rings. The van der Waals surface area contributed by atoms with Crippen molar-refractivity contribution in [1.82, 2.24) is 4.57 Å². The molecule has 2 aliphatic rings. The number of nitrogens with zero attached hydrogens (tertiary/aromatic N) is 7. The zero-order valence-electron chi connectivity index (χ0n) is 51.3. The lowest BCUT2D eigenvalue weighted by atomic mass is 9.33. The Hall–Kier alpha value is -13.1. The van der Waals surface area contributed by atoms with E-state index in [1.165, 1.54) is 0 Å². The Labute approximate surface area is 549 Å². The van der Waals surface area contributed by atoms with Crippen LogP contribution in [-0.4, -0.2) is 11.3 Å². The van der Waals surface area contributed by atoms with E-state index in [0.717, 1.165) is 156 Å². The topological polar surface area (TPSA) is 78.6 Å². The largest absolute Gasteiger partial charge is 0.456 e. The van der Waals surface area contributed by atoms with Crippen molar-refractivity contribution < 1.29 is 4.42 Å². The molecule has 18 rings (SSSR count). The first kappa shape index (κ1) is 54.8. The van der Waals surface area contributed by atoms with Crippen LogP contribution < -0.4 is 36.0 Å². The molecule has 95 heavy (non-hydrogen) atoms. The van der Waals surface area contributed by atoms with Gasteiger partial charge in [-0.1, -0.05) is 194 Å². The van der Waals surface area contributed by atoms with E-state index >= 15 is 0 Å². The number of fused-ring (bicyclic) bond motifs is 11. The number of hydrogen-bond acceptors (Lipinski definition) is 7. The molecule has 0 saturated carbocycles. The van der Waals surface area contributed by atoms with Gasteiger partial charge < -0.3 is 28.6 Å². The van der Waals surface area contributed by atoms with Crippen molar-refractivity contribution in [2.75, 3.05) is 19.6 Å². The molecule has 0 N–H and O–H groups in total. The monoisotopic (exact) mass is 1210 g/mol. The molecule has 2 aromatic heterocycles. The van der Waals surface area contributed by atoms with Gasteiger partial charge in [0.05, 0.1) is 62.4 Å². The molecule has 0 unspecified atom stereocenters. The number of rotatable bonds is 11. The predicted molar refractivity (Wildman–Crippen MR) is 392 cm³/mol. The Bertz CT molecular complexity index is 5710. The second kappa shape index (κ2) is 22.4. The highest BCUT2D eigenvalue weighted by molar-refractivity contribution is 7.01. The molecule has 0 spiro atoms. The number of nitriles is 2. The normalized spacial score (nSPS) is 12.1. The van der Waals surface area contributed by atoms with Gasteiger partial charge in [-0.2, -0.15) is 10.5 Å². The number of anilines is 12. The van der Waals surface area contributed by atoms with Gasteiger partial charge in [0.15, 0.2) is 0 Å². The molecule has 16 aromatic rings. The average molecular weight is 1210 g/mol. The molecule has 2 aliphatic heterocycles. The van der Waals surface area contributed by atoms with Crippen molar-refractivity contribution in [3.05, 3.63) is 339 Å². The molecule has 4 heterocycles. The molecule has 0 saturated heterocycles. The first-order chi connectivity index (χ1) is 47.1. The van der Waals surface area contributed by atoms with E-state index in [-0.39, 0.29) is 0 Å². The van der Waals surface area contributed by atoms with Crippen molar-refractivity contribution in [1.29, 1.82) is 10.5 Å². The van der Waals surface area contributed by atoms with E-state index in [1.807, 2.05) is 36.4 Å². The summed E-state index contributed by atoms with van der Waals surface area (Å²) in [6.45, 7) is -0.441. The molecule has 0 aliphatic carbocycles. The van der Waals surface area contributed by atoms with E-state index in [9.17, 15) is 10.5 Å². The SMILES string of the molecule is N#Cc1ccc(N(c2ccccc2)c2ccc3c(c2)N(c2ccccc2-c2ccccc2)c2cc(-n4c5ccccc5c5ccccc54)cc4c2B3c2c(cc(N(c3ccccc3)c3ccc(C#N)cc3)c3c2oc2ccccc23)N4c2ccccc2-c2ccccc2)cc1. The predicted octanol–water partition coefficient (Wildman–Crippen LogP) is 20.8. The van der Waals surface area contributed by atoms with Gasteiger partial charge in [-0.05, 0) is 161 Å². The van der Waals surface area contributed by atoms with Crippen molar-refractivity contribution in [2.24, 2.45) is 0 Å². The summed E-state index contributed by atoms with van der Waals surface area (Å²) in [6, 6.07) is 121. The molecule has 14 aromatic carbocycles. The third-order valence-corrected chi connectivity index (χ3v) is 19.0. The summed E-state index contributed by atoms with van der Waals surface area (Å²) < 4.78 is 10.2. The molecule has 0 bridgehead atoms. The minimum absolute atomic E-state index is 0.441. The molecule has 0 radical (unpaired) electrons. The third kappa shape index (κ3) is 8.83. The van der Waals surface area contributed by atoms with E-state index in [4.69, 9.17) is 4.42 Å². The number of para-hydroxylation sites is 7. The molecule has 0 amide bonds. The van der Waals surface area contributed by atoms with E-state index in [2.05, 4.69) is 327 Å². The van der Waals surface area contributed by atoms with Crippen LogP contribution >= 0.6 is 0 Å². The zero-order chi connectivity index (χ0) is 63.1. The van der Waals surface area contributed by atoms with Crippen molar-refractivity contribution >= 4 is 135 Å². The summed E-state index contributed by atoms with van der Waals surface area (Å²) in [5.41, 5.74) is 24.9. The Morgan fingerprint density at radius 3 is 1.33 bits per heavy atom. The lowest BCUT2D eigenvalue weighted by Gasteiger charge is -2.45. The summed E-state index contributed by atoms with van der Waals surface area (Å²) in [4.78, 5) is 9.69. The Morgan fingerprint density at radius 1 is 0.337 bits per heavy atom. The van der Waals surface area contributed by atoms with Crippen LogP contribution in [0.25, 0.3) is 71.7 Å². The van der Waals surface area contributed by atoms with Crippen LogP contribution in [0.15, 0.2) is 332 Å². The van der Waals surface area contributed by atoms with Gasteiger partial charge in [-0.3, -0.25) is 0 Å². The highest BCUT2D eigenvalue weighted by Gasteiger charge is 2.47. The second-order valence-electron chi connectivity index (χ2n) is 24.2. The second-order valence-corrected chi connectivity index (χ2v) is 24.2. The molecule has 442 valence electrons. The smallest absolute Gasteiger partial charge is 0.257 e. The summed E-state index contributed by atoms with van der Waals surface area (Å²) >= 11 is 0. The Morgan fingerprint density at radius 2 is 0.768 bits per heavy atom. The van der Waals surface area contributed by atoms with Crippen LogP contribution in [0.2, 0.25) is 0 Å². The molecule has 9 heteroatoms. The van der Waals surface area contributed by atoms with Crippen LogP contribution in [-0.2, 0) is 0 Å². The first-order valence-electron chi connectivity index (χ1n) is 32.0. The maximum atomic E-state index is 10.2. The Balaban J connectivity index is 1.04. The highest BCUT2D eigenvalue weighted by Crippen LogP contribution is 2.54. The lowest BCUT2D eigenvalue weighted by molar-refractivity contribution is 0.671.